The van der Waals surface area contributed by atoms with E-state index in [2.05, 4.69) is 10.6 Å². The fraction of sp³-hybridized carbons (Fsp3) is 0.457. The van der Waals surface area contributed by atoms with Gasteiger partial charge in [0.05, 0.1) is 22.8 Å². The van der Waals surface area contributed by atoms with Gasteiger partial charge in [-0.05, 0) is 87.9 Å². The van der Waals surface area contributed by atoms with Gasteiger partial charge in [0.2, 0.25) is 11.8 Å². The number of amides is 2. The van der Waals surface area contributed by atoms with Crippen LogP contribution in [0.4, 0.5) is 5.69 Å². The second-order valence-electron chi connectivity index (χ2n) is 12.4. The van der Waals surface area contributed by atoms with Crippen molar-refractivity contribution >= 4 is 44.9 Å². The Morgan fingerprint density at radius 1 is 1.12 bits per heavy atom. The Kier molecular flexibility index (Phi) is 14.0. The standard InChI is InChI=1S/C28H36N4O6S.C7H8O3S/c1-2-38-27(34)17-23-16-21-18-31(14-11-25(21)39-23)28(35)24(15-20-3-6-22(7-4-20)32(36)37)30-26(33)8-5-19-9-12-29-13-10-19;1-6-2-4-7(5-3-6)11(8,9)10/h3-4,6-7,16,19,24,29H,2,5,8-15,17-18H2,1H3,(H,30,33);2-5H,1H3,(H,8,9,10)/t24-;/m0./s1. The molecule has 15 heteroatoms. The monoisotopic (exact) mass is 728 g/mol. The SMILES string of the molecule is CCOC(=O)Cc1cc2c(s1)CCN(C(=O)[C@H](Cc1ccc([N+](=O)[O-])cc1)NC(=O)CCC1CCNCC1)C2.Cc1ccc(S(=O)(=O)O)cc1. The van der Waals surface area contributed by atoms with E-state index in [1.807, 2.05) is 13.0 Å². The summed E-state index contributed by atoms with van der Waals surface area (Å²) in [4.78, 5) is 52.9. The van der Waals surface area contributed by atoms with Gasteiger partial charge in [0.1, 0.15) is 6.04 Å². The predicted molar refractivity (Wildman–Crippen MR) is 188 cm³/mol. The van der Waals surface area contributed by atoms with E-state index in [1.54, 1.807) is 47.4 Å². The maximum absolute atomic E-state index is 13.7. The number of rotatable bonds is 12. The number of aryl methyl sites for hydroxylation is 1. The van der Waals surface area contributed by atoms with Crippen molar-refractivity contribution in [3.05, 3.63) is 91.2 Å². The number of thiophene rings is 1. The minimum absolute atomic E-state index is 0.0210. The fourth-order valence-electron chi connectivity index (χ4n) is 5.92. The topological polar surface area (TPSA) is 185 Å². The molecule has 2 aliphatic heterocycles. The number of esters is 1. The van der Waals surface area contributed by atoms with Gasteiger partial charge < -0.3 is 20.3 Å². The zero-order valence-electron chi connectivity index (χ0n) is 28.3. The van der Waals surface area contributed by atoms with Crippen molar-refractivity contribution in [1.82, 2.24) is 15.5 Å². The van der Waals surface area contributed by atoms with Crippen LogP contribution in [0.2, 0.25) is 0 Å². The highest BCUT2D eigenvalue weighted by atomic mass is 32.2. The highest BCUT2D eigenvalue weighted by Gasteiger charge is 2.30. The molecule has 2 aromatic carbocycles. The first-order chi connectivity index (χ1) is 23.8. The normalized spacial score (nSPS) is 15.2. The van der Waals surface area contributed by atoms with Crippen molar-refractivity contribution in [3.8, 4) is 0 Å². The summed E-state index contributed by atoms with van der Waals surface area (Å²) in [6.45, 7) is 6.82. The molecule has 0 unspecified atom stereocenters. The maximum atomic E-state index is 13.7. The first-order valence-electron chi connectivity index (χ1n) is 16.6. The number of carbonyl (C=O) groups excluding carboxylic acids is 3. The lowest BCUT2D eigenvalue weighted by atomic mass is 9.93. The molecule has 5 rings (SSSR count). The van der Waals surface area contributed by atoms with Crippen LogP contribution in [0.3, 0.4) is 0 Å². The van der Waals surface area contributed by atoms with Crippen LogP contribution in [0, 0.1) is 23.0 Å². The number of non-ortho nitro benzene ring substituents is 1. The van der Waals surface area contributed by atoms with Gasteiger partial charge in [-0.3, -0.25) is 29.1 Å². The van der Waals surface area contributed by atoms with Crippen LogP contribution in [-0.2, 0) is 55.0 Å². The number of piperidine rings is 1. The second kappa shape index (κ2) is 18.2. The number of fused-ring (bicyclic) bond motifs is 1. The van der Waals surface area contributed by atoms with Gasteiger partial charge in [0.25, 0.3) is 15.8 Å². The second-order valence-corrected chi connectivity index (χ2v) is 15.1. The third kappa shape index (κ3) is 11.7. The highest BCUT2D eigenvalue weighted by Crippen LogP contribution is 2.29. The van der Waals surface area contributed by atoms with Crippen LogP contribution in [-0.4, -0.2) is 72.9 Å². The molecule has 0 bridgehead atoms. The summed E-state index contributed by atoms with van der Waals surface area (Å²) in [6, 6.07) is 13.3. The van der Waals surface area contributed by atoms with Crippen LogP contribution in [0.1, 0.15) is 59.1 Å². The minimum Gasteiger partial charge on any atom is -0.466 e. The summed E-state index contributed by atoms with van der Waals surface area (Å²) in [7, 11) is -4.02. The third-order valence-electron chi connectivity index (χ3n) is 8.63. The van der Waals surface area contributed by atoms with E-state index in [9.17, 15) is 32.9 Å². The van der Waals surface area contributed by atoms with Gasteiger partial charge >= 0.3 is 5.97 Å². The van der Waals surface area contributed by atoms with E-state index in [4.69, 9.17) is 9.29 Å². The number of hydrogen-bond acceptors (Lipinski definition) is 10. The first kappa shape index (κ1) is 38.6. The molecule has 3 aromatic rings. The lowest BCUT2D eigenvalue weighted by molar-refractivity contribution is -0.384. The van der Waals surface area contributed by atoms with Gasteiger partial charge in [-0.25, -0.2) is 0 Å². The molecule has 1 aromatic heterocycles. The largest absolute Gasteiger partial charge is 0.466 e. The molecule has 13 nitrogen and oxygen atoms in total. The lowest BCUT2D eigenvalue weighted by Gasteiger charge is -2.31. The van der Waals surface area contributed by atoms with Gasteiger partial charge in [0.15, 0.2) is 0 Å². The number of ether oxygens (including phenoxy) is 1. The summed E-state index contributed by atoms with van der Waals surface area (Å²) < 4.78 is 34.6. The molecule has 3 heterocycles. The van der Waals surface area contributed by atoms with Crippen molar-refractivity contribution in [3.63, 3.8) is 0 Å². The van der Waals surface area contributed by atoms with Crippen LogP contribution < -0.4 is 10.6 Å². The Balaban J connectivity index is 0.000000435. The molecular formula is C35H44N4O9S2. The summed E-state index contributed by atoms with van der Waals surface area (Å²) in [5.41, 5.74) is 2.69. The quantitative estimate of drug-likeness (QED) is 0.105. The Hall–Kier alpha value is -4.18. The van der Waals surface area contributed by atoms with E-state index >= 15 is 0 Å². The van der Waals surface area contributed by atoms with E-state index in [-0.39, 0.29) is 41.2 Å². The van der Waals surface area contributed by atoms with Gasteiger partial charge in [-0.2, -0.15) is 8.42 Å². The molecule has 2 amide bonds. The van der Waals surface area contributed by atoms with E-state index in [1.165, 1.54) is 24.3 Å². The molecule has 3 N–H and O–H groups in total. The predicted octanol–water partition coefficient (Wildman–Crippen LogP) is 4.40. The van der Waals surface area contributed by atoms with E-state index in [0.29, 0.717) is 38.5 Å². The van der Waals surface area contributed by atoms with Gasteiger partial charge in [0, 0.05) is 47.8 Å². The average molecular weight is 729 g/mol. The molecule has 1 saturated heterocycles. The number of nitrogens with zero attached hydrogens (tertiary/aromatic N) is 2. The zero-order valence-corrected chi connectivity index (χ0v) is 29.9. The third-order valence-corrected chi connectivity index (χ3v) is 10.7. The minimum atomic E-state index is -4.02. The number of nitro benzene ring substituents is 1. The Labute approximate surface area is 296 Å². The molecule has 0 radical (unpaired) electrons. The van der Waals surface area contributed by atoms with Crippen molar-refractivity contribution in [2.24, 2.45) is 5.92 Å². The number of nitrogens with one attached hydrogen (secondary N) is 2. The van der Waals surface area contributed by atoms with E-state index < -0.39 is 21.1 Å². The molecule has 0 saturated carbocycles. The number of nitro groups is 1. The van der Waals surface area contributed by atoms with Crippen molar-refractivity contribution < 1.29 is 37.0 Å². The Bertz CT molecular complexity index is 1740. The number of hydrogen-bond donors (Lipinski definition) is 3. The van der Waals surface area contributed by atoms with Crippen LogP contribution >= 0.6 is 11.3 Å². The van der Waals surface area contributed by atoms with Gasteiger partial charge in [-0.1, -0.05) is 29.8 Å². The summed E-state index contributed by atoms with van der Waals surface area (Å²) in [5, 5.41) is 17.4. The maximum Gasteiger partial charge on any atom is 0.311 e. The van der Waals surface area contributed by atoms with Crippen LogP contribution in [0.25, 0.3) is 0 Å². The fourth-order valence-corrected chi connectivity index (χ4v) is 7.55. The molecule has 0 spiro atoms. The molecule has 270 valence electrons. The van der Waals surface area contributed by atoms with Crippen LogP contribution in [0.15, 0.2) is 59.5 Å². The number of benzene rings is 2. The molecule has 0 aliphatic carbocycles. The van der Waals surface area contributed by atoms with Crippen molar-refractivity contribution in [1.29, 1.82) is 0 Å². The zero-order chi connectivity index (χ0) is 36.3. The van der Waals surface area contributed by atoms with Crippen LogP contribution in [0.5, 0.6) is 0 Å². The molecule has 2 aliphatic rings. The molecule has 50 heavy (non-hydrogen) atoms. The summed E-state index contributed by atoms with van der Waals surface area (Å²) in [5.74, 6) is -0.0887. The average Bonchev–Trinajstić information content (AvgIpc) is 3.49. The summed E-state index contributed by atoms with van der Waals surface area (Å²) in [6.07, 6.45) is 4.40. The van der Waals surface area contributed by atoms with Crippen molar-refractivity contribution in [2.45, 2.75) is 76.3 Å². The van der Waals surface area contributed by atoms with E-state index in [0.717, 1.165) is 58.8 Å². The highest BCUT2D eigenvalue weighted by molar-refractivity contribution is 7.85. The Morgan fingerprint density at radius 2 is 1.80 bits per heavy atom. The summed E-state index contributed by atoms with van der Waals surface area (Å²) >= 11 is 1.58. The molecule has 1 fully saturated rings. The van der Waals surface area contributed by atoms with Crippen molar-refractivity contribution in [2.75, 3.05) is 26.2 Å². The molecule has 1 atom stereocenters. The Morgan fingerprint density at radius 3 is 2.42 bits per heavy atom. The van der Waals surface area contributed by atoms with Gasteiger partial charge in [-0.15, -0.1) is 11.3 Å². The first-order valence-corrected chi connectivity index (χ1v) is 18.9. The smallest absolute Gasteiger partial charge is 0.311 e. The molecular weight excluding hydrogens is 685 g/mol. The lowest BCUT2D eigenvalue weighted by Crippen LogP contribution is -2.50. The number of carbonyl (C=O) groups is 3.